The standard InChI is InChI=1S/C14H25F3O3Si/c1-5-8-14(18-2)11(12(15)10-13(16)17)7-6-9-21(14,19-3)20-4/h10-12H,5-9H2,1-4H3. The summed E-state index contributed by atoms with van der Waals surface area (Å²) in [6.07, 6.45) is -0.944. The maximum atomic E-state index is 14.4. The second-order valence-corrected chi connectivity index (χ2v) is 9.07. The number of hydrogen-bond donors (Lipinski definition) is 0. The zero-order chi connectivity index (χ0) is 16.1. The van der Waals surface area contributed by atoms with Crippen molar-refractivity contribution in [3.63, 3.8) is 0 Å². The van der Waals surface area contributed by atoms with Crippen LogP contribution in [0, 0.1) is 5.92 Å². The second kappa shape index (κ2) is 7.76. The first kappa shape index (κ1) is 18.7. The summed E-state index contributed by atoms with van der Waals surface area (Å²) in [4.78, 5) is 0. The van der Waals surface area contributed by atoms with Crippen molar-refractivity contribution >= 4 is 8.56 Å². The molecule has 1 saturated heterocycles. The van der Waals surface area contributed by atoms with Crippen molar-refractivity contribution in [1.82, 2.24) is 0 Å². The van der Waals surface area contributed by atoms with Crippen LogP contribution in [0.3, 0.4) is 0 Å². The number of alkyl halides is 1. The molecule has 0 amide bonds. The molecule has 0 spiro atoms. The lowest BCUT2D eigenvalue weighted by molar-refractivity contribution is -0.0703. The van der Waals surface area contributed by atoms with E-state index in [-0.39, 0.29) is 0 Å². The van der Waals surface area contributed by atoms with Gasteiger partial charge in [0.25, 0.3) is 6.08 Å². The van der Waals surface area contributed by atoms with Crippen LogP contribution < -0.4 is 0 Å². The van der Waals surface area contributed by atoms with Gasteiger partial charge in [0.1, 0.15) is 11.4 Å². The molecule has 0 N–H and O–H groups in total. The van der Waals surface area contributed by atoms with Crippen molar-refractivity contribution in [3.8, 4) is 0 Å². The fraction of sp³-hybridized carbons (Fsp3) is 0.857. The second-order valence-electron chi connectivity index (χ2n) is 5.40. The molecule has 1 aliphatic rings. The van der Waals surface area contributed by atoms with E-state index in [4.69, 9.17) is 13.6 Å². The summed E-state index contributed by atoms with van der Waals surface area (Å²) in [5.41, 5.74) is 0. The fourth-order valence-corrected chi connectivity index (χ4v) is 7.89. The van der Waals surface area contributed by atoms with Crippen LogP contribution in [0.4, 0.5) is 13.2 Å². The van der Waals surface area contributed by atoms with E-state index in [1.54, 1.807) is 14.2 Å². The van der Waals surface area contributed by atoms with Crippen molar-refractivity contribution in [2.45, 2.75) is 50.0 Å². The molecule has 0 bridgehead atoms. The number of ether oxygens (including phenoxy) is 1. The van der Waals surface area contributed by atoms with Crippen LogP contribution in [0.1, 0.15) is 32.6 Å². The Morgan fingerprint density at radius 1 is 1.33 bits per heavy atom. The average Bonchev–Trinajstić information content (AvgIpc) is 2.46. The molecule has 0 aromatic heterocycles. The molecule has 0 radical (unpaired) electrons. The van der Waals surface area contributed by atoms with E-state index in [0.717, 1.165) is 6.42 Å². The van der Waals surface area contributed by atoms with E-state index >= 15 is 0 Å². The third-order valence-electron chi connectivity index (χ3n) is 4.58. The number of hydrogen-bond acceptors (Lipinski definition) is 3. The van der Waals surface area contributed by atoms with Crippen molar-refractivity contribution in [2.75, 3.05) is 21.3 Å². The molecule has 21 heavy (non-hydrogen) atoms. The van der Waals surface area contributed by atoms with Crippen molar-refractivity contribution in [1.29, 1.82) is 0 Å². The molecular weight excluding hydrogens is 301 g/mol. The van der Waals surface area contributed by atoms with Crippen LogP contribution in [-0.2, 0) is 13.6 Å². The highest BCUT2D eigenvalue weighted by atomic mass is 28.4. The van der Waals surface area contributed by atoms with Gasteiger partial charge in [0.05, 0.1) is 0 Å². The molecule has 7 heteroatoms. The molecular formula is C14H25F3O3Si. The van der Waals surface area contributed by atoms with Gasteiger partial charge in [0.15, 0.2) is 0 Å². The van der Waals surface area contributed by atoms with E-state index in [1.165, 1.54) is 7.11 Å². The number of rotatable bonds is 7. The Balaban J connectivity index is 3.29. The van der Waals surface area contributed by atoms with Gasteiger partial charge < -0.3 is 13.6 Å². The van der Waals surface area contributed by atoms with Crippen LogP contribution in [-0.4, -0.2) is 41.3 Å². The van der Waals surface area contributed by atoms with Crippen molar-refractivity contribution < 1.29 is 26.8 Å². The molecule has 1 fully saturated rings. The van der Waals surface area contributed by atoms with Gasteiger partial charge >= 0.3 is 8.56 Å². The highest BCUT2D eigenvalue weighted by molar-refractivity contribution is 6.70. The Hall–Kier alpha value is -0.373. The van der Waals surface area contributed by atoms with E-state index in [2.05, 4.69) is 0 Å². The predicted molar refractivity (Wildman–Crippen MR) is 77.1 cm³/mol. The minimum absolute atomic E-state index is 0.379. The van der Waals surface area contributed by atoms with Gasteiger partial charge in [-0.2, -0.15) is 8.78 Å². The van der Waals surface area contributed by atoms with E-state index in [1.807, 2.05) is 6.92 Å². The van der Waals surface area contributed by atoms with Crippen LogP contribution in [0.2, 0.25) is 6.04 Å². The lowest BCUT2D eigenvalue weighted by atomic mass is 9.88. The highest BCUT2D eigenvalue weighted by Gasteiger charge is 2.64. The normalized spacial score (nSPS) is 30.0. The molecule has 1 rings (SSSR count). The molecule has 3 atom stereocenters. The Kier molecular flexibility index (Phi) is 6.90. The first-order valence-corrected chi connectivity index (χ1v) is 9.27. The zero-order valence-corrected chi connectivity index (χ0v) is 14.1. The van der Waals surface area contributed by atoms with Crippen LogP contribution in [0.25, 0.3) is 0 Å². The first-order valence-electron chi connectivity index (χ1n) is 7.25. The molecule has 0 aromatic carbocycles. The van der Waals surface area contributed by atoms with Gasteiger partial charge in [-0.25, -0.2) is 4.39 Å². The number of allylic oxidation sites excluding steroid dienone is 1. The summed E-state index contributed by atoms with van der Waals surface area (Å²) in [6, 6.07) is 0.679. The van der Waals surface area contributed by atoms with E-state index < -0.39 is 32.0 Å². The van der Waals surface area contributed by atoms with Crippen molar-refractivity contribution in [2.24, 2.45) is 5.92 Å². The monoisotopic (exact) mass is 326 g/mol. The molecule has 1 aliphatic heterocycles. The van der Waals surface area contributed by atoms with Gasteiger partial charge in [0, 0.05) is 33.3 Å². The summed E-state index contributed by atoms with van der Waals surface area (Å²) in [5, 5.41) is -0.950. The number of methoxy groups -OCH3 is 1. The lowest BCUT2D eigenvalue weighted by Gasteiger charge is -2.52. The van der Waals surface area contributed by atoms with Gasteiger partial charge in [0.2, 0.25) is 0 Å². The average molecular weight is 326 g/mol. The van der Waals surface area contributed by atoms with Gasteiger partial charge in [-0.1, -0.05) is 19.8 Å². The van der Waals surface area contributed by atoms with Crippen LogP contribution in [0.5, 0.6) is 0 Å². The lowest BCUT2D eigenvalue weighted by Crippen LogP contribution is -2.69. The topological polar surface area (TPSA) is 27.7 Å². The summed E-state index contributed by atoms with van der Waals surface area (Å²) in [5.74, 6) is -0.677. The Morgan fingerprint density at radius 3 is 2.38 bits per heavy atom. The third kappa shape index (κ3) is 3.36. The molecule has 3 unspecified atom stereocenters. The number of halogens is 3. The molecule has 3 nitrogen and oxygen atoms in total. The molecule has 1 heterocycles. The van der Waals surface area contributed by atoms with Gasteiger partial charge in [-0.15, -0.1) is 0 Å². The van der Waals surface area contributed by atoms with Crippen LogP contribution >= 0.6 is 0 Å². The summed E-state index contributed by atoms with van der Waals surface area (Å²) in [6.45, 7) is 1.95. The quantitative estimate of drug-likeness (QED) is 0.663. The molecule has 124 valence electrons. The first-order chi connectivity index (χ1) is 9.92. The molecule has 0 aliphatic carbocycles. The van der Waals surface area contributed by atoms with E-state index in [9.17, 15) is 13.2 Å². The molecule has 0 saturated carbocycles. The Labute approximate surface area is 125 Å². The molecule has 0 aromatic rings. The Morgan fingerprint density at radius 2 is 1.95 bits per heavy atom. The summed E-state index contributed by atoms with van der Waals surface area (Å²) in [7, 11) is 1.74. The predicted octanol–water partition coefficient (Wildman–Crippen LogP) is 3.97. The SMILES string of the molecule is CCCC1(OC)C(C(F)C=C(F)F)CCC[Si]1(OC)OC. The van der Waals surface area contributed by atoms with Crippen molar-refractivity contribution in [3.05, 3.63) is 12.2 Å². The van der Waals surface area contributed by atoms with E-state index in [0.29, 0.717) is 31.4 Å². The minimum atomic E-state index is -2.84. The van der Waals surface area contributed by atoms with Gasteiger partial charge in [-0.05, 0) is 18.9 Å². The summed E-state index contributed by atoms with van der Waals surface area (Å²) >= 11 is 0. The third-order valence-corrected chi connectivity index (χ3v) is 9.02. The smallest absolute Gasteiger partial charge is 0.371 e. The highest BCUT2D eigenvalue weighted by Crippen LogP contribution is 2.48. The largest absolute Gasteiger partial charge is 0.396 e. The summed E-state index contributed by atoms with van der Waals surface area (Å²) < 4.78 is 56.5. The Bertz CT molecular complexity index is 359. The maximum absolute atomic E-state index is 14.4. The zero-order valence-electron chi connectivity index (χ0n) is 13.1. The minimum Gasteiger partial charge on any atom is -0.396 e. The van der Waals surface area contributed by atoms with Gasteiger partial charge in [-0.3, -0.25) is 0 Å². The van der Waals surface area contributed by atoms with Crippen LogP contribution in [0.15, 0.2) is 12.2 Å². The maximum Gasteiger partial charge on any atom is 0.371 e. The fourth-order valence-electron chi connectivity index (χ4n) is 3.72.